The minimum absolute atomic E-state index is 0.0536. The molecule has 2 heterocycles. The zero-order chi connectivity index (χ0) is 21.6. The van der Waals surface area contributed by atoms with Crippen LogP contribution in [-0.2, 0) is 4.79 Å². The Balaban J connectivity index is 1.34. The normalized spacial score (nSPS) is 11.8. The third kappa shape index (κ3) is 4.95. The average Bonchev–Trinajstić information content (AvgIpc) is 3.50. The number of ether oxygens (including phenoxy) is 1. The van der Waals surface area contributed by atoms with Crippen LogP contribution in [-0.4, -0.2) is 43.1 Å². The first-order valence-electron chi connectivity index (χ1n) is 9.69. The highest BCUT2D eigenvalue weighted by Crippen LogP contribution is 2.22. The quantitative estimate of drug-likeness (QED) is 0.428. The predicted molar refractivity (Wildman–Crippen MR) is 119 cm³/mol. The maximum atomic E-state index is 12.5. The lowest BCUT2D eigenvalue weighted by Gasteiger charge is -2.15. The van der Waals surface area contributed by atoms with Crippen LogP contribution in [0.15, 0.2) is 78.7 Å². The van der Waals surface area contributed by atoms with Gasteiger partial charge in [-0.15, -0.1) is 0 Å². The summed E-state index contributed by atoms with van der Waals surface area (Å²) >= 11 is 1.39. The summed E-state index contributed by atoms with van der Waals surface area (Å²) in [6, 6.07) is 15.4. The highest BCUT2D eigenvalue weighted by molar-refractivity contribution is 7.99. The number of benzene rings is 2. The molecule has 0 saturated heterocycles. The molecule has 2 aromatic carbocycles. The van der Waals surface area contributed by atoms with Gasteiger partial charge in [0.2, 0.25) is 5.91 Å². The van der Waals surface area contributed by atoms with Crippen molar-refractivity contribution in [2.24, 2.45) is 0 Å². The Morgan fingerprint density at radius 3 is 2.55 bits per heavy atom. The number of carbonyl (C=O) groups is 1. The first kappa shape index (κ1) is 20.7. The number of carbonyl (C=O) groups excluding carboxylic acids is 1. The minimum atomic E-state index is -0.112. The Morgan fingerprint density at radius 1 is 1.13 bits per heavy atom. The lowest BCUT2D eigenvalue weighted by molar-refractivity contribution is -0.119. The van der Waals surface area contributed by atoms with E-state index in [1.165, 1.54) is 18.1 Å². The molecule has 2 aromatic heterocycles. The number of hydrogen-bond acceptors (Lipinski definition) is 6. The van der Waals surface area contributed by atoms with Crippen molar-refractivity contribution in [3.05, 3.63) is 79.1 Å². The van der Waals surface area contributed by atoms with E-state index in [1.807, 2.05) is 66.2 Å². The van der Waals surface area contributed by atoms with Gasteiger partial charge in [0.1, 0.15) is 18.4 Å². The van der Waals surface area contributed by atoms with Gasteiger partial charge in [-0.2, -0.15) is 5.10 Å². The van der Waals surface area contributed by atoms with Crippen molar-refractivity contribution in [2.75, 3.05) is 12.9 Å². The van der Waals surface area contributed by atoms with Crippen LogP contribution in [0.5, 0.6) is 5.75 Å². The molecule has 0 radical (unpaired) electrons. The standard InChI is InChI=1S/C22H22N6O2S/c1-16(17-3-5-19(6-4-17)28-15-23-14-25-28)26-21(29)13-31-22-24-11-12-27(22)18-7-9-20(30-2)10-8-18/h3-12,14-16H,13H2,1-2H3,(H,26,29)/t16-/m1/s1. The van der Waals surface area contributed by atoms with Gasteiger partial charge in [0, 0.05) is 18.1 Å². The van der Waals surface area contributed by atoms with Gasteiger partial charge in [-0.05, 0) is 48.9 Å². The summed E-state index contributed by atoms with van der Waals surface area (Å²) in [5, 5.41) is 7.91. The number of aromatic nitrogens is 5. The van der Waals surface area contributed by atoms with Gasteiger partial charge >= 0.3 is 0 Å². The van der Waals surface area contributed by atoms with E-state index in [-0.39, 0.29) is 17.7 Å². The summed E-state index contributed by atoms with van der Waals surface area (Å²) in [6.45, 7) is 1.96. The third-order valence-corrected chi connectivity index (χ3v) is 5.71. The van der Waals surface area contributed by atoms with E-state index in [4.69, 9.17) is 4.74 Å². The summed E-state index contributed by atoms with van der Waals surface area (Å²) < 4.78 is 8.84. The molecule has 0 saturated carbocycles. The summed E-state index contributed by atoms with van der Waals surface area (Å²) in [6.07, 6.45) is 6.74. The highest BCUT2D eigenvalue weighted by Gasteiger charge is 2.13. The second kappa shape index (κ2) is 9.48. The molecular weight excluding hydrogens is 412 g/mol. The predicted octanol–water partition coefficient (Wildman–Crippen LogP) is 3.43. The van der Waals surface area contributed by atoms with Gasteiger partial charge in [-0.1, -0.05) is 23.9 Å². The van der Waals surface area contributed by atoms with Crippen molar-refractivity contribution in [2.45, 2.75) is 18.1 Å². The molecule has 1 atom stereocenters. The molecule has 1 N–H and O–H groups in total. The van der Waals surface area contributed by atoms with Crippen LogP contribution < -0.4 is 10.1 Å². The van der Waals surface area contributed by atoms with Crippen molar-refractivity contribution < 1.29 is 9.53 Å². The lowest BCUT2D eigenvalue weighted by Crippen LogP contribution is -2.28. The van der Waals surface area contributed by atoms with E-state index in [1.54, 1.807) is 24.3 Å². The minimum Gasteiger partial charge on any atom is -0.497 e. The zero-order valence-electron chi connectivity index (χ0n) is 17.2. The van der Waals surface area contributed by atoms with E-state index < -0.39 is 0 Å². The fourth-order valence-corrected chi connectivity index (χ4v) is 3.87. The molecule has 1 amide bonds. The third-order valence-electron chi connectivity index (χ3n) is 4.74. The van der Waals surface area contributed by atoms with E-state index in [2.05, 4.69) is 20.4 Å². The van der Waals surface area contributed by atoms with Crippen LogP contribution in [0.2, 0.25) is 0 Å². The van der Waals surface area contributed by atoms with Crippen molar-refractivity contribution in [3.8, 4) is 17.1 Å². The molecule has 0 aliphatic heterocycles. The number of thioether (sulfide) groups is 1. The molecule has 0 fully saturated rings. The molecule has 8 nitrogen and oxygen atoms in total. The smallest absolute Gasteiger partial charge is 0.230 e. The Hall–Kier alpha value is -3.59. The van der Waals surface area contributed by atoms with Gasteiger partial charge in [-0.25, -0.2) is 14.6 Å². The molecule has 0 bridgehead atoms. The van der Waals surface area contributed by atoms with Crippen LogP contribution in [0.1, 0.15) is 18.5 Å². The topological polar surface area (TPSA) is 86.9 Å². The molecule has 158 valence electrons. The van der Waals surface area contributed by atoms with Crippen LogP contribution in [0.3, 0.4) is 0 Å². The Morgan fingerprint density at radius 2 is 1.87 bits per heavy atom. The monoisotopic (exact) mass is 434 g/mol. The number of methoxy groups -OCH3 is 1. The molecular formula is C22H22N6O2S. The maximum Gasteiger partial charge on any atom is 0.230 e. The molecule has 4 rings (SSSR count). The van der Waals surface area contributed by atoms with Crippen LogP contribution in [0.4, 0.5) is 0 Å². The summed E-state index contributed by atoms with van der Waals surface area (Å²) in [7, 11) is 1.64. The van der Waals surface area contributed by atoms with Crippen molar-refractivity contribution in [3.63, 3.8) is 0 Å². The Labute approximate surface area is 184 Å². The van der Waals surface area contributed by atoms with E-state index in [0.717, 1.165) is 27.8 Å². The molecule has 0 aliphatic carbocycles. The maximum absolute atomic E-state index is 12.5. The van der Waals surface area contributed by atoms with E-state index >= 15 is 0 Å². The molecule has 0 spiro atoms. The van der Waals surface area contributed by atoms with E-state index in [9.17, 15) is 4.79 Å². The number of nitrogens with one attached hydrogen (secondary N) is 1. The fraction of sp³-hybridized carbons (Fsp3) is 0.182. The SMILES string of the molecule is COc1ccc(-n2ccnc2SCC(=O)N[C@H](C)c2ccc(-n3cncn3)cc2)cc1. The molecule has 31 heavy (non-hydrogen) atoms. The molecule has 0 unspecified atom stereocenters. The molecule has 4 aromatic rings. The molecule has 0 aliphatic rings. The number of amides is 1. The second-order valence-electron chi connectivity index (χ2n) is 6.79. The van der Waals surface area contributed by atoms with Crippen LogP contribution in [0, 0.1) is 0 Å². The number of nitrogens with zero attached hydrogens (tertiary/aromatic N) is 5. The van der Waals surface area contributed by atoms with Gasteiger partial charge in [-0.3, -0.25) is 9.36 Å². The van der Waals surface area contributed by atoms with E-state index in [0.29, 0.717) is 0 Å². The van der Waals surface area contributed by atoms with Crippen molar-refractivity contribution >= 4 is 17.7 Å². The molecule has 9 heteroatoms. The Kier molecular flexibility index (Phi) is 6.32. The number of hydrogen-bond donors (Lipinski definition) is 1. The van der Waals surface area contributed by atoms with Crippen molar-refractivity contribution in [1.29, 1.82) is 0 Å². The first-order valence-corrected chi connectivity index (χ1v) is 10.7. The number of imidazole rings is 1. The largest absolute Gasteiger partial charge is 0.497 e. The summed E-state index contributed by atoms with van der Waals surface area (Å²) in [4.78, 5) is 20.8. The van der Waals surface area contributed by atoms with Gasteiger partial charge in [0.05, 0.1) is 24.6 Å². The lowest BCUT2D eigenvalue weighted by atomic mass is 10.1. The second-order valence-corrected chi connectivity index (χ2v) is 7.73. The number of rotatable bonds is 8. The highest BCUT2D eigenvalue weighted by atomic mass is 32.2. The Bertz CT molecular complexity index is 1120. The summed E-state index contributed by atoms with van der Waals surface area (Å²) in [5.74, 6) is 1.01. The van der Waals surface area contributed by atoms with Gasteiger partial charge in [0.15, 0.2) is 5.16 Å². The van der Waals surface area contributed by atoms with Gasteiger partial charge in [0.25, 0.3) is 0 Å². The fourth-order valence-electron chi connectivity index (χ4n) is 3.09. The summed E-state index contributed by atoms with van der Waals surface area (Å²) in [5.41, 5.74) is 2.89. The van der Waals surface area contributed by atoms with Crippen LogP contribution >= 0.6 is 11.8 Å². The zero-order valence-corrected chi connectivity index (χ0v) is 18.0. The first-order chi connectivity index (χ1) is 15.1. The van der Waals surface area contributed by atoms with Crippen LogP contribution in [0.25, 0.3) is 11.4 Å². The van der Waals surface area contributed by atoms with Gasteiger partial charge < -0.3 is 10.1 Å². The van der Waals surface area contributed by atoms with Crippen molar-refractivity contribution in [1.82, 2.24) is 29.6 Å². The average molecular weight is 435 g/mol.